The normalized spacial score (nSPS) is 18.3. The number of carboxylic acid groups (broad SMARTS) is 1. The maximum absolute atomic E-state index is 10.5. The number of ether oxygens (including phenoxy) is 1. The van der Waals surface area contributed by atoms with Gasteiger partial charge >= 0.3 is 5.97 Å². The molecule has 1 aromatic heterocycles. The summed E-state index contributed by atoms with van der Waals surface area (Å²) in [7, 11) is 0. The summed E-state index contributed by atoms with van der Waals surface area (Å²) in [5.74, 6) is -0.137. The second kappa shape index (κ2) is 3.79. The SMILES string of the molecule is O=C(O)c1cc(C2CCOCC2)on1. The minimum atomic E-state index is -1.05. The lowest BCUT2D eigenvalue weighted by atomic mass is 9.97. The van der Waals surface area contributed by atoms with E-state index in [2.05, 4.69) is 5.16 Å². The van der Waals surface area contributed by atoms with E-state index < -0.39 is 5.97 Å². The summed E-state index contributed by atoms with van der Waals surface area (Å²) in [6.07, 6.45) is 1.74. The van der Waals surface area contributed by atoms with Gasteiger partial charge in [-0.05, 0) is 12.8 Å². The first-order valence-electron chi connectivity index (χ1n) is 4.55. The molecule has 0 aliphatic carbocycles. The van der Waals surface area contributed by atoms with Crippen LogP contribution in [-0.4, -0.2) is 29.4 Å². The van der Waals surface area contributed by atoms with E-state index in [0.29, 0.717) is 19.0 Å². The van der Waals surface area contributed by atoms with Gasteiger partial charge < -0.3 is 14.4 Å². The molecule has 5 heteroatoms. The fraction of sp³-hybridized carbons (Fsp3) is 0.556. The minimum Gasteiger partial charge on any atom is -0.476 e. The third kappa shape index (κ3) is 1.77. The van der Waals surface area contributed by atoms with Crippen molar-refractivity contribution in [3.05, 3.63) is 17.5 Å². The highest BCUT2D eigenvalue weighted by Gasteiger charge is 2.21. The molecule has 0 amide bonds. The van der Waals surface area contributed by atoms with Crippen LogP contribution in [0.2, 0.25) is 0 Å². The van der Waals surface area contributed by atoms with Crippen molar-refractivity contribution in [3.63, 3.8) is 0 Å². The van der Waals surface area contributed by atoms with Crippen molar-refractivity contribution in [1.29, 1.82) is 0 Å². The molecule has 0 radical (unpaired) electrons. The Kier molecular flexibility index (Phi) is 2.49. The van der Waals surface area contributed by atoms with E-state index in [0.717, 1.165) is 12.8 Å². The monoisotopic (exact) mass is 197 g/mol. The third-order valence-corrected chi connectivity index (χ3v) is 2.37. The van der Waals surface area contributed by atoms with Crippen molar-refractivity contribution in [2.45, 2.75) is 18.8 Å². The summed E-state index contributed by atoms with van der Waals surface area (Å²) < 4.78 is 10.2. The number of hydrogen-bond donors (Lipinski definition) is 1. The standard InChI is InChI=1S/C9H11NO4/c11-9(12)7-5-8(14-10-7)6-1-3-13-4-2-6/h5-6H,1-4H2,(H,11,12). The summed E-state index contributed by atoms with van der Waals surface area (Å²) >= 11 is 0. The number of aromatic nitrogens is 1. The zero-order chi connectivity index (χ0) is 9.97. The Morgan fingerprint density at radius 1 is 1.50 bits per heavy atom. The lowest BCUT2D eigenvalue weighted by Gasteiger charge is -2.18. The van der Waals surface area contributed by atoms with Gasteiger partial charge in [0.1, 0.15) is 5.76 Å². The molecule has 0 spiro atoms. The van der Waals surface area contributed by atoms with Crippen LogP contribution in [0.25, 0.3) is 0 Å². The number of aromatic carboxylic acids is 1. The first-order chi connectivity index (χ1) is 6.77. The van der Waals surface area contributed by atoms with Crippen molar-refractivity contribution >= 4 is 5.97 Å². The fourth-order valence-electron chi connectivity index (χ4n) is 1.56. The van der Waals surface area contributed by atoms with Gasteiger partial charge in [-0.15, -0.1) is 0 Å². The van der Waals surface area contributed by atoms with E-state index in [1.54, 1.807) is 0 Å². The molecular weight excluding hydrogens is 186 g/mol. The minimum absolute atomic E-state index is 0.0218. The summed E-state index contributed by atoms with van der Waals surface area (Å²) in [4.78, 5) is 10.5. The van der Waals surface area contributed by atoms with Gasteiger partial charge in [0.15, 0.2) is 5.69 Å². The molecular formula is C9H11NO4. The maximum atomic E-state index is 10.5. The first-order valence-corrected chi connectivity index (χ1v) is 4.55. The van der Waals surface area contributed by atoms with Crippen molar-refractivity contribution in [3.8, 4) is 0 Å². The summed E-state index contributed by atoms with van der Waals surface area (Å²) in [5.41, 5.74) is -0.0218. The Balaban J connectivity index is 2.11. The van der Waals surface area contributed by atoms with Gasteiger partial charge in [-0.25, -0.2) is 4.79 Å². The molecule has 1 N–H and O–H groups in total. The predicted octanol–water partition coefficient (Wildman–Crippen LogP) is 1.27. The number of nitrogens with zero attached hydrogens (tertiary/aromatic N) is 1. The molecule has 1 saturated heterocycles. The number of hydrogen-bond acceptors (Lipinski definition) is 4. The first kappa shape index (κ1) is 9.21. The quantitative estimate of drug-likeness (QED) is 0.772. The van der Waals surface area contributed by atoms with Crippen LogP contribution in [0.5, 0.6) is 0 Å². The fourth-order valence-corrected chi connectivity index (χ4v) is 1.56. The molecule has 2 rings (SSSR count). The molecule has 0 unspecified atom stereocenters. The number of rotatable bonds is 2. The second-order valence-electron chi connectivity index (χ2n) is 3.31. The second-order valence-corrected chi connectivity index (χ2v) is 3.31. The molecule has 5 nitrogen and oxygen atoms in total. The molecule has 0 atom stereocenters. The van der Waals surface area contributed by atoms with Gasteiger partial charge in [0.05, 0.1) is 0 Å². The lowest BCUT2D eigenvalue weighted by Crippen LogP contribution is -2.13. The Bertz CT molecular complexity index is 327. The molecule has 2 heterocycles. The Labute approximate surface area is 80.6 Å². The van der Waals surface area contributed by atoms with E-state index in [4.69, 9.17) is 14.4 Å². The van der Waals surface area contributed by atoms with Crippen molar-refractivity contribution < 1.29 is 19.2 Å². The molecule has 1 aliphatic heterocycles. The molecule has 1 aromatic rings. The molecule has 1 fully saturated rings. The highest BCUT2D eigenvalue weighted by Crippen LogP contribution is 2.27. The average Bonchev–Trinajstić information content (AvgIpc) is 2.68. The van der Waals surface area contributed by atoms with Gasteiger partial charge in [0, 0.05) is 25.2 Å². The zero-order valence-corrected chi connectivity index (χ0v) is 7.60. The highest BCUT2D eigenvalue weighted by molar-refractivity contribution is 5.85. The van der Waals surface area contributed by atoms with Crippen LogP contribution in [-0.2, 0) is 4.74 Å². The molecule has 76 valence electrons. The Hall–Kier alpha value is -1.36. The van der Waals surface area contributed by atoms with Crippen LogP contribution in [0.4, 0.5) is 0 Å². The molecule has 0 aromatic carbocycles. The van der Waals surface area contributed by atoms with Crippen molar-refractivity contribution in [2.24, 2.45) is 0 Å². The van der Waals surface area contributed by atoms with Crippen LogP contribution < -0.4 is 0 Å². The van der Waals surface area contributed by atoms with Crippen molar-refractivity contribution in [2.75, 3.05) is 13.2 Å². The van der Waals surface area contributed by atoms with E-state index >= 15 is 0 Å². The predicted molar refractivity (Wildman–Crippen MR) is 46.3 cm³/mol. The smallest absolute Gasteiger partial charge is 0.358 e. The largest absolute Gasteiger partial charge is 0.476 e. The maximum Gasteiger partial charge on any atom is 0.358 e. The number of carboxylic acids is 1. The van der Waals surface area contributed by atoms with E-state index in [1.165, 1.54) is 6.07 Å². The summed E-state index contributed by atoms with van der Waals surface area (Å²) in [6.45, 7) is 1.40. The van der Waals surface area contributed by atoms with E-state index in [-0.39, 0.29) is 11.6 Å². The van der Waals surface area contributed by atoms with Crippen LogP contribution in [0.15, 0.2) is 10.6 Å². The third-order valence-electron chi connectivity index (χ3n) is 2.37. The molecule has 0 bridgehead atoms. The van der Waals surface area contributed by atoms with Crippen molar-refractivity contribution in [1.82, 2.24) is 5.16 Å². The van der Waals surface area contributed by atoms with Crippen LogP contribution in [0, 0.1) is 0 Å². The molecule has 1 aliphatic rings. The van der Waals surface area contributed by atoms with Gasteiger partial charge in [0.2, 0.25) is 0 Å². The summed E-state index contributed by atoms with van der Waals surface area (Å²) in [6, 6.07) is 1.50. The van der Waals surface area contributed by atoms with Gasteiger partial charge in [-0.3, -0.25) is 0 Å². The van der Waals surface area contributed by atoms with Gasteiger partial charge in [0.25, 0.3) is 0 Å². The van der Waals surface area contributed by atoms with E-state index in [9.17, 15) is 4.79 Å². The Morgan fingerprint density at radius 3 is 2.79 bits per heavy atom. The van der Waals surface area contributed by atoms with Gasteiger partial charge in [-0.2, -0.15) is 0 Å². The van der Waals surface area contributed by atoms with Crippen LogP contribution in [0.3, 0.4) is 0 Å². The van der Waals surface area contributed by atoms with Crippen LogP contribution in [0.1, 0.15) is 35.0 Å². The summed E-state index contributed by atoms with van der Waals surface area (Å²) in [5, 5.41) is 12.1. The lowest BCUT2D eigenvalue weighted by molar-refractivity contribution is 0.0683. The molecule has 0 saturated carbocycles. The highest BCUT2D eigenvalue weighted by atomic mass is 16.5. The zero-order valence-electron chi connectivity index (χ0n) is 7.60. The molecule has 14 heavy (non-hydrogen) atoms. The van der Waals surface area contributed by atoms with Crippen LogP contribution >= 0.6 is 0 Å². The average molecular weight is 197 g/mol. The van der Waals surface area contributed by atoms with Gasteiger partial charge in [-0.1, -0.05) is 5.16 Å². The topological polar surface area (TPSA) is 72.6 Å². The Morgan fingerprint density at radius 2 is 2.21 bits per heavy atom. The van der Waals surface area contributed by atoms with E-state index in [1.807, 2.05) is 0 Å². The number of carbonyl (C=O) groups is 1.